The summed E-state index contributed by atoms with van der Waals surface area (Å²) in [5.74, 6) is -0.286. The molecule has 4 rings (SSSR count). The summed E-state index contributed by atoms with van der Waals surface area (Å²) in [5.41, 5.74) is 3.23. The lowest BCUT2D eigenvalue weighted by Crippen LogP contribution is -2.13. The number of fused-ring (bicyclic) bond motifs is 3. The maximum atomic E-state index is 12.5. The molecule has 2 aromatic carbocycles. The van der Waals surface area contributed by atoms with Gasteiger partial charge in [0.1, 0.15) is 0 Å². The third kappa shape index (κ3) is 1.87. The Bertz CT molecular complexity index is 901. The number of carbonyl (C=O) groups excluding carboxylic acids is 2. The molecule has 106 valence electrons. The van der Waals surface area contributed by atoms with Crippen molar-refractivity contribution in [2.24, 2.45) is 0 Å². The largest absolute Gasteiger partial charge is 0.298 e. The summed E-state index contributed by atoms with van der Waals surface area (Å²) in [5, 5.41) is 5.11. The number of nitrogens with one attached hydrogen (secondary N) is 1. The minimum Gasteiger partial charge on any atom is -0.298 e. The highest BCUT2D eigenvalue weighted by Crippen LogP contribution is 2.38. The number of carbonyl (C=O) groups is 2. The fourth-order valence-electron chi connectivity index (χ4n) is 2.71. The number of anilines is 1. The van der Waals surface area contributed by atoms with Gasteiger partial charge in [-0.05, 0) is 11.6 Å². The second-order valence-electron chi connectivity index (χ2n) is 4.89. The SMILES string of the molecule is O=C(Nc1nccs1)c1cccc2c1-c1ccccc1C2=O. The molecule has 0 atom stereocenters. The van der Waals surface area contributed by atoms with E-state index in [4.69, 9.17) is 0 Å². The van der Waals surface area contributed by atoms with Crippen LogP contribution < -0.4 is 5.32 Å². The lowest BCUT2D eigenvalue weighted by atomic mass is 9.99. The van der Waals surface area contributed by atoms with Crippen molar-refractivity contribution in [3.05, 3.63) is 70.7 Å². The molecule has 1 aromatic heterocycles. The van der Waals surface area contributed by atoms with Gasteiger partial charge in [-0.15, -0.1) is 11.3 Å². The van der Waals surface area contributed by atoms with Crippen LogP contribution in [-0.4, -0.2) is 16.7 Å². The number of hydrogen-bond acceptors (Lipinski definition) is 4. The first kappa shape index (κ1) is 12.9. The normalized spacial score (nSPS) is 11.9. The van der Waals surface area contributed by atoms with E-state index in [9.17, 15) is 9.59 Å². The van der Waals surface area contributed by atoms with Gasteiger partial charge in [-0.25, -0.2) is 4.98 Å². The van der Waals surface area contributed by atoms with Gasteiger partial charge in [0.15, 0.2) is 10.9 Å². The fraction of sp³-hybridized carbons (Fsp3) is 0. The summed E-state index contributed by atoms with van der Waals surface area (Å²) >= 11 is 1.36. The highest BCUT2D eigenvalue weighted by molar-refractivity contribution is 7.13. The molecule has 0 aliphatic heterocycles. The van der Waals surface area contributed by atoms with E-state index in [2.05, 4.69) is 10.3 Å². The number of benzene rings is 2. The standard InChI is InChI=1S/C17H10N2O2S/c20-15-11-5-2-1-4-10(11)14-12(15)6-3-7-13(14)16(21)19-17-18-8-9-22-17/h1-9H,(H,18,19,21). The van der Waals surface area contributed by atoms with E-state index in [1.165, 1.54) is 11.3 Å². The van der Waals surface area contributed by atoms with Crippen LogP contribution in [0.2, 0.25) is 0 Å². The van der Waals surface area contributed by atoms with Crippen LogP contribution in [-0.2, 0) is 0 Å². The number of thiazole rings is 1. The van der Waals surface area contributed by atoms with Crippen LogP contribution in [0.5, 0.6) is 0 Å². The first-order chi connectivity index (χ1) is 10.8. The van der Waals surface area contributed by atoms with E-state index in [1.54, 1.807) is 35.8 Å². The van der Waals surface area contributed by atoms with Crippen molar-refractivity contribution in [1.82, 2.24) is 4.98 Å². The van der Waals surface area contributed by atoms with E-state index >= 15 is 0 Å². The van der Waals surface area contributed by atoms with Crippen LogP contribution in [0.4, 0.5) is 5.13 Å². The summed E-state index contributed by atoms with van der Waals surface area (Å²) in [6.07, 6.45) is 1.63. The van der Waals surface area contributed by atoms with Gasteiger partial charge in [0.2, 0.25) is 0 Å². The van der Waals surface area contributed by atoms with Gasteiger partial charge in [0, 0.05) is 33.8 Å². The summed E-state index contributed by atoms with van der Waals surface area (Å²) in [4.78, 5) is 29.0. The number of hydrogen-bond donors (Lipinski definition) is 1. The third-order valence-electron chi connectivity index (χ3n) is 3.65. The summed E-state index contributed by atoms with van der Waals surface area (Å²) < 4.78 is 0. The van der Waals surface area contributed by atoms with E-state index in [-0.39, 0.29) is 11.7 Å². The van der Waals surface area contributed by atoms with Crippen LogP contribution in [0.1, 0.15) is 26.3 Å². The number of aromatic nitrogens is 1. The fourth-order valence-corrected chi connectivity index (χ4v) is 3.24. The molecule has 5 heteroatoms. The van der Waals surface area contributed by atoms with E-state index in [0.29, 0.717) is 27.4 Å². The summed E-state index contributed by atoms with van der Waals surface area (Å²) in [6.45, 7) is 0. The van der Waals surface area contributed by atoms with Crippen molar-refractivity contribution in [2.45, 2.75) is 0 Å². The lowest BCUT2D eigenvalue weighted by molar-refractivity contribution is 0.102. The van der Waals surface area contributed by atoms with Gasteiger partial charge in [0.05, 0.1) is 0 Å². The third-order valence-corrected chi connectivity index (χ3v) is 4.34. The second kappa shape index (κ2) is 4.89. The molecule has 1 aliphatic rings. The minimum atomic E-state index is -0.253. The van der Waals surface area contributed by atoms with Gasteiger partial charge >= 0.3 is 0 Å². The van der Waals surface area contributed by atoms with Gasteiger partial charge in [-0.3, -0.25) is 14.9 Å². The predicted octanol–water partition coefficient (Wildman–Crippen LogP) is 3.61. The van der Waals surface area contributed by atoms with Crippen molar-refractivity contribution in [3.8, 4) is 11.1 Å². The second-order valence-corrected chi connectivity index (χ2v) is 5.79. The molecule has 22 heavy (non-hydrogen) atoms. The van der Waals surface area contributed by atoms with Crippen molar-refractivity contribution in [2.75, 3.05) is 5.32 Å². The number of ketones is 1. The average molecular weight is 306 g/mol. The predicted molar refractivity (Wildman–Crippen MR) is 85.4 cm³/mol. The quantitative estimate of drug-likeness (QED) is 0.615. The Morgan fingerprint density at radius 3 is 2.55 bits per heavy atom. The van der Waals surface area contributed by atoms with Gasteiger partial charge in [0.25, 0.3) is 5.91 Å². The first-order valence-corrected chi connectivity index (χ1v) is 7.61. The zero-order valence-electron chi connectivity index (χ0n) is 11.4. The average Bonchev–Trinajstić information content (AvgIpc) is 3.15. The Hall–Kier alpha value is -2.79. The number of rotatable bonds is 2. The van der Waals surface area contributed by atoms with Crippen LogP contribution in [0.15, 0.2) is 54.0 Å². The Morgan fingerprint density at radius 1 is 1.00 bits per heavy atom. The molecule has 0 fully saturated rings. The zero-order valence-corrected chi connectivity index (χ0v) is 12.2. The molecular weight excluding hydrogens is 296 g/mol. The molecule has 0 saturated heterocycles. The van der Waals surface area contributed by atoms with Crippen LogP contribution in [0.3, 0.4) is 0 Å². The topological polar surface area (TPSA) is 59.1 Å². The smallest absolute Gasteiger partial charge is 0.258 e. The molecule has 1 aliphatic carbocycles. The van der Waals surface area contributed by atoms with Crippen LogP contribution >= 0.6 is 11.3 Å². The number of amides is 1. The molecule has 0 spiro atoms. The molecule has 0 bridgehead atoms. The molecule has 1 amide bonds. The maximum absolute atomic E-state index is 12.5. The van der Waals surface area contributed by atoms with E-state index in [0.717, 1.165) is 5.56 Å². The van der Waals surface area contributed by atoms with Gasteiger partial charge < -0.3 is 0 Å². The number of nitrogens with zero attached hydrogens (tertiary/aromatic N) is 1. The first-order valence-electron chi connectivity index (χ1n) is 6.73. The Morgan fingerprint density at radius 2 is 1.77 bits per heavy atom. The maximum Gasteiger partial charge on any atom is 0.258 e. The molecule has 0 unspecified atom stereocenters. The van der Waals surface area contributed by atoms with Crippen LogP contribution in [0.25, 0.3) is 11.1 Å². The highest BCUT2D eigenvalue weighted by atomic mass is 32.1. The van der Waals surface area contributed by atoms with Crippen molar-refractivity contribution in [3.63, 3.8) is 0 Å². The van der Waals surface area contributed by atoms with Crippen molar-refractivity contribution in [1.29, 1.82) is 0 Å². The summed E-state index contributed by atoms with van der Waals surface area (Å²) in [7, 11) is 0. The van der Waals surface area contributed by atoms with E-state index < -0.39 is 0 Å². The van der Waals surface area contributed by atoms with E-state index in [1.807, 2.05) is 18.2 Å². The summed E-state index contributed by atoms with van der Waals surface area (Å²) in [6, 6.07) is 12.6. The molecule has 0 saturated carbocycles. The minimum absolute atomic E-state index is 0.0329. The van der Waals surface area contributed by atoms with Crippen molar-refractivity contribution >= 4 is 28.2 Å². The molecule has 4 nitrogen and oxygen atoms in total. The van der Waals surface area contributed by atoms with Crippen LogP contribution in [0, 0.1) is 0 Å². The lowest BCUT2D eigenvalue weighted by Gasteiger charge is -2.08. The van der Waals surface area contributed by atoms with Gasteiger partial charge in [-0.1, -0.05) is 36.4 Å². The van der Waals surface area contributed by atoms with Gasteiger partial charge in [-0.2, -0.15) is 0 Å². The zero-order chi connectivity index (χ0) is 15.1. The molecule has 0 radical (unpaired) electrons. The molecule has 1 heterocycles. The Labute approximate surface area is 130 Å². The Kier molecular flexibility index (Phi) is 2.87. The molecule has 3 aromatic rings. The Balaban J connectivity index is 1.84. The molecular formula is C17H10N2O2S. The molecule has 1 N–H and O–H groups in total. The highest BCUT2D eigenvalue weighted by Gasteiger charge is 2.30. The van der Waals surface area contributed by atoms with Crippen molar-refractivity contribution < 1.29 is 9.59 Å². The monoisotopic (exact) mass is 306 g/mol.